The molecule has 8 heteroatoms. The van der Waals surface area contributed by atoms with Crippen LogP contribution in [0, 0.1) is 25.7 Å². The molecule has 0 radical (unpaired) electrons. The van der Waals surface area contributed by atoms with Crippen molar-refractivity contribution in [1.29, 1.82) is 0 Å². The largest absolute Gasteiger partial charge is 0.396 e. The Morgan fingerprint density at radius 2 is 1.81 bits per heavy atom. The standard InChI is InChI=1S/C28H41N3O4S/c1-5-15-29-24(33)20-21-26(35)31(16-8-6-7-9-17-32)23(28(21)14-13-27(20,4)36-28)25(34)30-22-18(2)11-10-12-19(22)3/h10-12,20-21,23,32H,5-9,13-17H2,1-4H3,(H,29,33)(H,30,34)/t20-,21+,23?,27+,28?/m1/s1. The maximum atomic E-state index is 14.0. The van der Waals surface area contributed by atoms with Gasteiger partial charge in [0.25, 0.3) is 0 Å². The predicted molar refractivity (Wildman–Crippen MR) is 144 cm³/mol. The number of hydrogen-bond acceptors (Lipinski definition) is 5. The monoisotopic (exact) mass is 515 g/mol. The molecular formula is C28H41N3O4S. The van der Waals surface area contributed by atoms with Crippen LogP contribution in [0.1, 0.15) is 69.9 Å². The van der Waals surface area contributed by atoms with Gasteiger partial charge in [-0.1, -0.05) is 38.0 Å². The molecule has 36 heavy (non-hydrogen) atoms. The number of hydrogen-bond donors (Lipinski definition) is 3. The number of carbonyl (C=O) groups is 3. The molecule has 4 rings (SSSR count). The fraction of sp³-hybridized carbons (Fsp3) is 0.679. The first-order valence-corrected chi connectivity index (χ1v) is 14.3. The minimum Gasteiger partial charge on any atom is -0.396 e. The number of carbonyl (C=O) groups excluding carboxylic acids is 3. The molecule has 0 saturated carbocycles. The zero-order valence-electron chi connectivity index (χ0n) is 22.1. The Bertz CT molecular complexity index is 996. The van der Waals surface area contributed by atoms with E-state index < -0.39 is 22.6 Å². The summed E-state index contributed by atoms with van der Waals surface area (Å²) in [6.45, 7) is 9.34. The number of aryl methyl sites for hydroxylation is 2. The SMILES string of the molecule is CCCNC(=O)[C@H]1[C@H]2C(=O)N(CCCCCCO)C(C(=O)Nc3c(C)cccc3C)C23CC[C@]1(C)S3. The highest BCUT2D eigenvalue weighted by molar-refractivity contribution is 8.02. The van der Waals surface area contributed by atoms with Crippen LogP contribution in [0.25, 0.3) is 0 Å². The van der Waals surface area contributed by atoms with Crippen LogP contribution < -0.4 is 10.6 Å². The highest BCUT2D eigenvalue weighted by Crippen LogP contribution is 2.71. The number of anilines is 1. The summed E-state index contributed by atoms with van der Waals surface area (Å²) < 4.78 is -0.936. The van der Waals surface area contributed by atoms with Crippen molar-refractivity contribution >= 4 is 35.2 Å². The van der Waals surface area contributed by atoms with Gasteiger partial charge in [-0.15, -0.1) is 11.8 Å². The van der Waals surface area contributed by atoms with E-state index in [1.165, 1.54) is 0 Å². The molecule has 3 N–H and O–H groups in total. The van der Waals surface area contributed by atoms with Crippen LogP contribution in [0.4, 0.5) is 5.69 Å². The van der Waals surface area contributed by atoms with Crippen LogP contribution in [0.5, 0.6) is 0 Å². The molecule has 0 aromatic heterocycles. The van der Waals surface area contributed by atoms with Crippen molar-refractivity contribution in [2.24, 2.45) is 11.8 Å². The summed E-state index contributed by atoms with van der Waals surface area (Å²) in [5.41, 5.74) is 2.78. The molecule has 1 spiro atoms. The molecule has 5 atom stereocenters. The molecule has 3 fully saturated rings. The van der Waals surface area contributed by atoms with Gasteiger partial charge in [-0.25, -0.2) is 0 Å². The van der Waals surface area contributed by atoms with Gasteiger partial charge in [0.15, 0.2) is 0 Å². The Morgan fingerprint density at radius 1 is 1.11 bits per heavy atom. The molecule has 3 amide bonds. The second-order valence-corrected chi connectivity index (χ2v) is 12.8. The van der Waals surface area contributed by atoms with E-state index in [9.17, 15) is 14.4 Å². The van der Waals surface area contributed by atoms with E-state index >= 15 is 0 Å². The summed E-state index contributed by atoms with van der Waals surface area (Å²) in [6.07, 6.45) is 5.71. The zero-order valence-corrected chi connectivity index (χ0v) is 22.9. The van der Waals surface area contributed by atoms with E-state index in [2.05, 4.69) is 17.6 Å². The topological polar surface area (TPSA) is 98.7 Å². The fourth-order valence-electron chi connectivity index (χ4n) is 6.68. The molecule has 3 aliphatic heterocycles. The minimum atomic E-state index is -0.609. The molecule has 3 saturated heterocycles. The number of nitrogens with zero attached hydrogens (tertiary/aromatic N) is 1. The summed E-state index contributed by atoms with van der Waals surface area (Å²) in [6, 6.07) is 5.32. The average Bonchev–Trinajstić information content (AvgIpc) is 3.40. The van der Waals surface area contributed by atoms with Crippen LogP contribution in [-0.4, -0.2) is 63.0 Å². The van der Waals surface area contributed by atoms with Gasteiger partial charge < -0.3 is 20.6 Å². The lowest BCUT2D eigenvalue weighted by Crippen LogP contribution is -2.52. The molecule has 3 aliphatic rings. The van der Waals surface area contributed by atoms with Crippen LogP contribution in [0.3, 0.4) is 0 Å². The summed E-state index contributed by atoms with van der Waals surface area (Å²) >= 11 is 1.71. The Balaban J connectivity index is 1.67. The summed E-state index contributed by atoms with van der Waals surface area (Å²) in [5, 5.41) is 15.3. The van der Waals surface area contributed by atoms with Gasteiger partial charge in [0.2, 0.25) is 17.7 Å². The summed E-state index contributed by atoms with van der Waals surface area (Å²) in [4.78, 5) is 43.2. The maximum Gasteiger partial charge on any atom is 0.248 e. The quantitative estimate of drug-likeness (QED) is 0.390. The lowest BCUT2D eigenvalue weighted by atomic mass is 9.66. The maximum absolute atomic E-state index is 14.0. The molecule has 1 aromatic carbocycles. The van der Waals surface area contributed by atoms with Gasteiger partial charge in [-0.3, -0.25) is 14.4 Å². The predicted octanol–water partition coefficient (Wildman–Crippen LogP) is 3.80. The van der Waals surface area contributed by atoms with Crippen molar-refractivity contribution in [3.8, 4) is 0 Å². The number of nitrogens with one attached hydrogen (secondary N) is 2. The Hall–Kier alpha value is -2.06. The molecule has 3 heterocycles. The van der Waals surface area contributed by atoms with Crippen LogP contribution in [0.2, 0.25) is 0 Å². The molecule has 2 bridgehead atoms. The van der Waals surface area contributed by atoms with Gasteiger partial charge in [0, 0.05) is 30.1 Å². The second kappa shape index (κ2) is 10.7. The van der Waals surface area contributed by atoms with Gasteiger partial charge in [-0.2, -0.15) is 0 Å². The Kier molecular flexibility index (Phi) is 8.05. The van der Waals surface area contributed by atoms with Gasteiger partial charge in [0.05, 0.1) is 16.6 Å². The number of amides is 3. The molecule has 7 nitrogen and oxygen atoms in total. The van der Waals surface area contributed by atoms with Gasteiger partial charge in [-0.05, 0) is 64.0 Å². The normalized spacial score (nSPS) is 30.5. The van der Waals surface area contributed by atoms with E-state index in [0.717, 1.165) is 61.8 Å². The molecular weight excluding hydrogens is 474 g/mol. The van der Waals surface area contributed by atoms with E-state index in [-0.39, 0.29) is 29.1 Å². The van der Waals surface area contributed by atoms with Crippen molar-refractivity contribution in [1.82, 2.24) is 10.2 Å². The Morgan fingerprint density at radius 3 is 2.47 bits per heavy atom. The van der Waals surface area contributed by atoms with Crippen molar-refractivity contribution in [3.63, 3.8) is 0 Å². The third-order valence-corrected chi connectivity index (χ3v) is 10.4. The van der Waals surface area contributed by atoms with Crippen molar-refractivity contribution in [2.75, 3.05) is 25.0 Å². The molecule has 1 aromatic rings. The number of aliphatic hydroxyl groups is 1. The van der Waals surface area contributed by atoms with E-state index in [1.54, 1.807) is 16.7 Å². The molecule has 198 valence electrons. The van der Waals surface area contributed by atoms with Crippen molar-refractivity contribution < 1.29 is 19.5 Å². The highest BCUT2D eigenvalue weighted by Gasteiger charge is 2.76. The number of likely N-dealkylation sites (tertiary alicyclic amines) is 1. The van der Waals surface area contributed by atoms with Gasteiger partial charge >= 0.3 is 0 Å². The van der Waals surface area contributed by atoms with Crippen molar-refractivity contribution in [3.05, 3.63) is 29.3 Å². The van der Waals surface area contributed by atoms with E-state index in [1.807, 2.05) is 39.0 Å². The van der Waals surface area contributed by atoms with Crippen LogP contribution in [0.15, 0.2) is 18.2 Å². The minimum absolute atomic E-state index is 0.0496. The van der Waals surface area contributed by atoms with Gasteiger partial charge in [0.1, 0.15) is 6.04 Å². The number of unbranched alkanes of at least 4 members (excludes halogenated alkanes) is 3. The third kappa shape index (κ3) is 4.55. The summed E-state index contributed by atoms with van der Waals surface area (Å²) in [5.74, 6) is -1.16. The van der Waals surface area contributed by atoms with E-state index in [4.69, 9.17) is 5.11 Å². The van der Waals surface area contributed by atoms with Crippen molar-refractivity contribution in [2.45, 2.75) is 88.2 Å². The smallest absolute Gasteiger partial charge is 0.248 e. The lowest BCUT2D eigenvalue weighted by Gasteiger charge is -2.35. The number of para-hydroxylation sites is 1. The number of rotatable bonds is 11. The highest BCUT2D eigenvalue weighted by atomic mass is 32.2. The summed E-state index contributed by atoms with van der Waals surface area (Å²) in [7, 11) is 0. The lowest BCUT2D eigenvalue weighted by molar-refractivity contribution is -0.140. The Labute approximate surface area is 219 Å². The number of benzene rings is 1. The average molecular weight is 516 g/mol. The molecule has 2 unspecified atom stereocenters. The molecule has 0 aliphatic carbocycles. The first-order chi connectivity index (χ1) is 17.2. The van der Waals surface area contributed by atoms with E-state index in [0.29, 0.717) is 13.1 Å². The van der Waals surface area contributed by atoms with Crippen LogP contribution >= 0.6 is 11.8 Å². The van der Waals surface area contributed by atoms with Crippen LogP contribution in [-0.2, 0) is 14.4 Å². The number of thioether (sulfide) groups is 1. The fourth-order valence-corrected chi connectivity index (χ4v) is 9.03. The number of fused-ring (bicyclic) bond motifs is 1. The first-order valence-electron chi connectivity index (χ1n) is 13.5. The third-order valence-electron chi connectivity index (χ3n) is 8.39. The first kappa shape index (κ1) is 27.0. The zero-order chi connectivity index (χ0) is 26.1. The number of aliphatic hydroxyl groups excluding tert-OH is 1. The second-order valence-electron chi connectivity index (χ2n) is 10.9.